The Morgan fingerprint density at radius 2 is 2.31 bits per heavy atom. The molecule has 0 saturated heterocycles. The van der Waals surface area contributed by atoms with E-state index in [0.29, 0.717) is 11.1 Å². The first-order chi connectivity index (χ1) is 6.13. The van der Waals surface area contributed by atoms with Gasteiger partial charge in [-0.3, -0.25) is 4.21 Å². The van der Waals surface area contributed by atoms with E-state index < -0.39 is 11.1 Å². The molecule has 1 unspecified atom stereocenters. The van der Waals surface area contributed by atoms with Gasteiger partial charge in [-0.25, -0.2) is 0 Å². The van der Waals surface area contributed by atoms with Gasteiger partial charge in [0.15, 0.2) is 0 Å². The van der Waals surface area contributed by atoms with Crippen LogP contribution in [0.25, 0.3) is 0 Å². The predicted octanol–water partition coefficient (Wildman–Crippen LogP) is 1.25. The van der Waals surface area contributed by atoms with Crippen molar-refractivity contribution in [3.05, 3.63) is 34.9 Å². The molecule has 1 aromatic carbocycles. The van der Waals surface area contributed by atoms with Crippen molar-refractivity contribution >= 4 is 11.1 Å². The number of rotatable bonds is 2. The van der Waals surface area contributed by atoms with Crippen LogP contribution in [-0.4, -0.2) is 8.76 Å². The average molecular weight is 194 g/mol. The van der Waals surface area contributed by atoms with E-state index in [1.807, 2.05) is 6.07 Å². The summed E-state index contributed by atoms with van der Waals surface area (Å²) >= 11 is -2.07. The third-order valence-electron chi connectivity index (χ3n) is 1.70. The summed E-state index contributed by atoms with van der Waals surface area (Å²) in [5.41, 5.74) is 2.11. The quantitative estimate of drug-likeness (QED) is 0.665. The van der Waals surface area contributed by atoms with E-state index in [2.05, 4.69) is 0 Å². The lowest BCUT2D eigenvalue weighted by atomic mass is 10.1. The molecule has 0 saturated carbocycles. The van der Waals surface area contributed by atoms with E-state index in [-0.39, 0.29) is 5.75 Å². The Labute approximate surface area is 79.3 Å². The lowest BCUT2D eigenvalue weighted by Crippen LogP contribution is -1.94. The van der Waals surface area contributed by atoms with E-state index >= 15 is 0 Å². The molecule has 68 valence electrons. The minimum absolute atomic E-state index is 0.00650. The third kappa shape index (κ3) is 2.65. The van der Waals surface area contributed by atoms with Crippen molar-refractivity contribution in [1.82, 2.24) is 0 Å². The molecule has 1 aromatic rings. The minimum atomic E-state index is -2.07. The van der Waals surface area contributed by atoms with Gasteiger partial charge in [-0.2, -0.15) is 5.26 Å². The van der Waals surface area contributed by atoms with Crippen LogP contribution in [-0.2, 0) is 16.8 Å². The highest BCUT2D eigenvalue weighted by molar-refractivity contribution is 7.78. The molecule has 13 heavy (non-hydrogen) atoms. The molecule has 0 spiro atoms. The monoisotopic (exact) mass is 194 g/mol. The normalized spacial score (nSPS) is 12.1. The molecule has 0 bridgehead atoms. The second-order valence-corrected chi connectivity index (χ2v) is 3.61. The summed E-state index contributed by atoms with van der Waals surface area (Å²) in [6.45, 7) is 1.79. The molecule has 1 atom stereocenters. The van der Waals surface area contributed by atoms with Crippen LogP contribution in [0.15, 0.2) is 18.2 Å². The highest BCUT2D eigenvalue weighted by Gasteiger charge is 1.98. The van der Waals surface area contributed by atoms with Crippen molar-refractivity contribution < 1.29 is 8.76 Å². The van der Waals surface area contributed by atoms with Gasteiger partial charge in [0.2, 0.25) is 0 Å². The van der Waals surface area contributed by atoms with Gasteiger partial charge in [-0.1, -0.05) is 23.2 Å². The van der Waals surface area contributed by atoms with Gasteiger partial charge in [0.25, 0.3) is 0 Å². The average Bonchev–Trinajstić information content (AvgIpc) is 2.03. The Kier molecular flexibility index (Phi) is 3.18. The first kappa shape index (κ1) is 9.90. The zero-order chi connectivity index (χ0) is 9.84. The van der Waals surface area contributed by atoms with E-state index in [1.54, 1.807) is 25.1 Å². The van der Waals surface area contributed by atoms with Crippen LogP contribution in [0.2, 0.25) is 0 Å². The molecule has 0 radical (unpaired) electrons. The van der Waals surface area contributed by atoms with Crippen molar-refractivity contribution in [3.8, 4) is 6.07 Å². The SMILES string of the molecule is Cc1cc(CS(=O)[O-])ccc1C#N. The van der Waals surface area contributed by atoms with Crippen molar-refractivity contribution in [1.29, 1.82) is 5.26 Å². The Balaban J connectivity index is 2.97. The highest BCUT2D eigenvalue weighted by Crippen LogP contribution is 2.11. The van der Waals surface area contributed by atoms with Crippen LogP contribution in [0.5, 0.6) is 0 Å². The number of hydrogen-bond acceptors (Lipinski definition) is 3. The number of aryl methyl sites for hydroxylation is 1. The molecule has 1 rings (SSSR count). The maximum Gasteiger partial charge on any atom is 0.0994 e. The summed E-state index contributed by atoms with van der Waals surface area (Å²) in [7, 11) is 0. The largest absolute Gasteiger partial charge is 0.772 e. The molecular formula is C9H8NO2S-. The van der Waals surface area contributed by atoms with Gasteiger partial charge < -0.3 is 4.55 Å². The van der Waals surface area contributed by atoms with Crippen molar-refractivity contribution in [3.63, 3.8) is 0 Å². The van der Waals surface area contributed by atoms with E-state index in [0.717, 1.165) is 5.56 Å². The molecule has 3 nitrogen and oxygen atoms in total. The summed E-state index contributed by atoms with van der Waals surface area (Å²) in [6, 6.07) is 7.03. The van der Waals surface area contributed by atoms with Gasteiger partial charge in [0.1, 0.15) is 0 Å². The molecule has 0 amide bonds. The van der Waals surface area contributed by atoms with Gasteiger partial charge in [-0.05, 0) is 24.1 Å². The maximum absolute atomic E-state index is 10.4. The number of nitrogens with zero attached hydrogens (tertiary/aromatic N) is 1. The first-order valence-corrected chi connectivity index (χ1v) is 4.93. The Bertz CT molecular complexity index is 382. The fourth-order valence-electron chi connectivity index (χ4n) is 1.08. The zero-order valence-corrected chi connectivity index (χ0v) is 7.93. The van der Waals surface area contributed by atoms with Crippen LogP contribution in [0.4, 0.5) is 0 Å². The molecule has 0 aliphatic rings. The second-order valence-electron chi connectivity index (χ2n) is 2.71. The molecule has 0 aromatic heterocycles. The van der Waals surface area contributed by atoms with Gasteiger partial charge in [-0.15, -0.1) is 0 Å². The fourth-order valence-corrected chi connectivity index (χ4v) is 1.53. The summed E-state index contributed by atoms with van der Waals surface area (Å²) in [4.78, 5) is 0. The second kappa shape index (κ2) is 4.17. The molecule has 0 heterocycles. The predicted molar refractivity (Wildman–Crippen MR) is 48.5 cm³/mol. The van der Waals surface area contributed by atoms with Crippen LogP contribution >= 0.6 is 0 Å². The van der Waals surface area contributed by atoms with Crippen molar-refractivity contribution in [2.45, 2.75) is 12.7 Å². The standard InChI is InChI=1S/C9H9NO2S/c1-7-4-8(6-13(11)12)2-3-9(7)5-10/h2-4H,6H2,1H3,(H,11,12)/p-1. The Hall–Kier alpha value is -1.18. The molecule has 0 aliphatic heterocycles. The topological polar surface area (TPSA) is 63.9 Å². The molecule has 0 aliphatic carbocycles. The molecular weight excluding hydrogens is 186 g/mol. The summed E-state index contributed by atoms with van der Waals surface area (Å²) in [6.07, 6.45) is 0. The van der Waals surface area contributed by atoms with Gasteiger partial charge >= 0.3 is 0 Å². The lowest BCUT2D eigenvalue weighted by Gasteiger charge is -2.06. The molecule has 4 heteroatoms. The Morgan fingerprint density at radius 3 is 2.77 bits per heavy atom. The van der Waals surface area contributed by atoms with Crippen LogP contribution in [0.1, 0.15) is 16.7 Å². The van der Waals surface area contributed by atoms with Gasteiger partial charge in [0.05, 0.1) is 11.6 Å². The van der Waals surface area contributed by atoms with E-state index in [4.69, 9.17) is 5.26 Å². The van der Waals surface area contributed by atoms with Crippen LogP contribution in [0, 0.1) is 18.3 Å². The molecule has 0 fully saturated rings. The zero-order valence-electron chi connectivity index (χ0n) is 7.11. The Morgan fingerprint density at radius 1 is 1.62 bits per heavy atom. The summed E-state index contributed by atoms with van der Waals surface area (Å²) < 4.78 is 20.7. The first-order valence-electron chi connectivity index (χ1n) is 3.69. The number of hydrogen-bond donors (Lipinski definition) is 0. The lowest BCUT2D eigenvalue weighted by molar-refractivity contribution is 0.536. The van der Waals surface area contributed by atoms with Crippen molar-refractivity contribution in [2.24, 2.45) is 0 Å². The van der Waals surface area contributed by atoms with E-state index in [9.17, 15) is 8.76 Å². The highest BCUT2D eigenvalue weighted by atomic mass is 32.2. The third-order valence-corrected chi connectivity index (χ3v) is 2.26. The smallest absolute Gasteiger partial charge is 0.0994 e. The summed E-state index contributed by atoms with van der Waals surface area (Å²) in [5.74, 6) is 0.00650. The fraction of sp³-hybridized carbons (Fsp3) is 0.222. The van der Waals surface area contributed by atoms with E-state index in [1.165, 1.54) is 0 Å². The van der Waals surface area contributed by atoms with Crippen LogP contribution < -0.4 is 0 Å². The minimum Gasteiger partial charge on any atom is -0.772 e. The number of benzene rings is 1. The van der Waals surface area contributed by atoms with Crippen LogP contribution in [0.3, 0.4) is 0 Å². The van der Waals surface area contributed by atoms with Crippen molar-refractivity contribution in [2.75, 3.05) is 0 Å². The van der Waals surface area contributed by atoms with Gasteiger partial charge in [0, 0.05) is 5.75 Å². The number of nitriles is 1. The maximum atomic E-state index is 10.4. The molecule has 0 N–H and O–H groups in total. The summed E-state index contributed by atoms with van der Waals surface area (Å²) in [5, 5.41) is 8.62.